The number of carbonyl (C=O) groups excluding carboxylic acids is 2. The second-order valence-electron chi connectivity index (χ2n) is 22.7. The zero-order valence-corrected chi connectivity index (χ0v) is 43.1. The molecular weight excluding hydrogens is 749 g/mol. The van der Waals surface area contributed by atoms with Crippen molar-refractivity contribution in [3.63, 3.8) is 0 Å². The van der Waals surface area contributed by atoms with Crippen LogP contribution in [-0.2, 0) is 31.7 Å². The first-order chi connectivity index (χ1) is 22.6. The third kappa shape index (κ3) is 15.1. The van der Waals surface area contributed by atoms with E-state index in [-0.39, 0.29) is 57.5 Å². The van der Waals surface area contributed by atoms with Crippen LogP contribution < -0.4 is 0 Å². The molecule has 0 aromatic heterocycles. The lowest BCUT2D eigenvalue weighted by atomic mass is 9.91. The first kappa shape index (κ1) is 53.2. The molecular formula is C40H88O8Si5. The van der Waals surface area contributed by atoms with Gasteiger partial charge in [-0.1, -0.05) is 90.5 Å². The third-order valence-corrected chi connectivity index (χ3v) is 31.7. The van der Waals surface area contributed by atoms with Gasteiger partial charge in [0.1, 0.15) is 17.7 Å². The third-order valence-electron chi connectivity index (χ3n) is 12.7. The van der Waals surface area contributed by atoms with E-state index < -0.39 is 59.9 Å². The lowest BCUT2D eigenvalue weighted by molar-refractivity contribution is -0.136. The maximum atomic E-state index is 12.7. The van der Waals surface area contributed by atoms with Gasteiger partial charge in [0.05, 0.1) is 30.5 Å². The van der Waals surface area contributed by atoms with Gasteiger partial charge in [-0.15, -0.1) is 0 Å². The van der Waals surface area contributed by atoms with E-state index >= 15 is 0 Å². The molecule has 0 heterocycles. The Balaban J connectivity index is 0.00000101. The quantitative estimate of drug-likeness (QED) is 0.217. The smallest absolute Gasteiger partial charge is 0.192 e. The van der Waals surface area contributed by atoms with Gasteiger partial charge in [-0.2, -0.15) is 0 Å². The van der Waals surface area contributed by atoms with E-state index in [0.29, 0.717) is 25.7 Å². The summed E-state index contributed by atoms with van der Waals surface area (Å²) in [5.74, 6) is 0.371. The highest BCUT2D eigenvalue weighted by atomic mass is 28.4. The molecule has 0 aromatic rings. The highest BCUT2D eigenvalue weighted by Crippen LogP contribution is 2.44. The molecule has 53 heavy (non-hydrogen) atoms. The van der Waals surface area contributed by atoms with E-state index in [1.807, 2.05) is 0 Å². The van der Waals surface area contributed by atoms with Gasteiger partial charge in [-0.3, -0.25) is 9.59 Å². The summed E-state index contributed by atoms with van der Waals surface area (Å²) in [5.41, 5.74) is 0. The van der Waals surface area contributed by atoms with Crippen LogP contribution in [0.1, 0.15) is 116 Å². The Hall–Kier alpha value is 0.184. The molecule has 2 aliphatic carbocycles. The van der Waals surface area contributed by atoms with Gasteiger partial charge in [-0.05, 0) is 92.2 Å². The molecule has 0 aromatic carbocycles. The molecule has 8 nitrogen and oxygen atoms in total. The number of Topliss-reactive ketones (excluding diaryl/α,β-unsaturated/α-hetero) is 2. The summed E-state index contributed by atoms with van der Waals surface area (Å²) in [4.78, 5) is 25.0. The molecule has 2 rings (SSSR count). The normalized spacial score (nSPS) is 26.1. The van der Waals surface area contributed by atoms with Gasteiger partial charge in [0, 0.05) is 25.7 Å². The van der Waals surface area contributed by atoms with Gasteiger partial charge in [0.2, 0.25) is 0 Å². The molecule has 2 aliphatic rings. The number of hydrogen-bond donors (Lipinski definition) is 1. The van der Waals surface area contributed by atoms with Crippen LogP contribution in [0.15, 0.2) is 0 Å². The van der Waals surface area contributed by atoms with Crippen LogP contribution in [0.4, 0.5) is 0 Å². The van der Waals surface area contributed by atoms with Crippen LogP contribution in [-0.4, -0.2) is 94.9 Å². The van der Waals surface area contributed by atoms with Gasteiger partial charge >= 0.3 is 0 Å². The van der Waals surface area contributed by atoms with Crippen LogP contribution in [0, 0.1) is 0 Å². The average Bonchev–Trinajstić information content (AvgIpc) is 2.85. The second kappa shape index (κ2) is 18.0. The van der Waals surface area contributed by atoms with E-state index in [4.69, 9.17) is 22.1 Å². The number of ketones is 2. The molecule has 1 N–H and O–H groups in total. The van der Waals surface area contributed by atoms with E-state index in [9.17, 15) is 14.7 Å². The van der Waals surface area contributed by atoms with E-state index in [2.05, 4.69) is 155 Å². The molecule has 0 saturated heterocycles. The standard InChI is InChI=1S/C21H46O4Si3.C18H38O4Si2.CH4/c1-20(2,3)27(10,11)23-17-14-16(22)15-18(19(17)25-26(7,8)9)24-28(12,13)21(4,5)6;1-17(2,3)23(7,8)21-14-11-13(19)12-15(16(14)20)22-24(9,10)18(4,5)6;/h17-19H,14-15H2,1-13H3;14-16,20H,11-12H2,1-10H3;1H4. The Morgan fingerprint density at radius 1 is 0.434 bits per heavy atom. The highest BCUT2D eigenvalue weighted by molar-refractivity contribution is 6.75. The minimum Gasteiger partial charge on any atom is -0.411 e. The maximum Gasteiger partial charge on any atom is 0.192 e. The van der Waals surface area contributed by atoms with Gasteiger partial charge in [0.25, 0.3) is 0 Å². The van der Waals surface area contributed by atoms with Crippen molar-refractivity contribution >= 4 is 53.2 Å². The van der Waals surface area contributed by atoms with Crippen molar-refractivity contribution in [1.82, 2.24) is 0 Å². The maximum absolute atomic E-state index is 12.7. The van der Waals surface area contributed by atoms with Gasteiger partial charge in [0.15, 0.2) is 41.6 Å². The largest absolute Gasteiger partial charge is 0.411 e. The molecule has 2 fully saturated rings. The molecule has 316 valence electrons. The van der Waals surface area contributed by atoms with Crippen LogP contribution in [0.3, 0.4) is 0 Å². The molecule has 4 atom stereocenters. The molecule has 0 amide bonds. The highest BCUT2D eigenvalue weighted by Gasteiger charge is 2.51. The SMILES string of the molecule is C.CC(C)(C)[Si](C)(C)OC1CC(=O)CC(O[Si](C)(C)C(C)(C)C)C1O.CC(C)(C)[Si](C)(C)OC1CC(=O)CC(O[Si](C)(C)C(C)(C)C)C1O[Si](C)(C)C. The van der Waals surface area contributed by atoms with Crippen molar-refractivity contribution in [3.8, 4) is 0 Å². The van der Waals surface area contributed by atoms with Crippen molar-refractivity contribution in [2.75, 3.05) is 0 Å². The van der Waals surface area contributed by atoms with Crippen molar-refractivity contribution in [2.45, 2.75) is 245 Å². The fraction of sp³-hybridized carbons (Fsp3) is 0.950. The minimum absolute atomic E-state index is 0. The summed E-state index contributed by atoms with van der Waals surface area (Å²) in [6, 6.07) is 0. The first-order valence-corrected chi connectivity index (χ1v) is 34.8. The molecule has 0 spiro atoms. The van der Waals surface area contributed by atoms with Crippen LogP contribution in [0.2, 0.25) is 92.2 Å². The summed E-state index contributed by atoms with van der Waals surface area (Å²) >= 11 is 0. The fourth-order valence-corrected chi connectivity index (χ4v) is 11.7. The molecule has 13 heteroatoms. The monoisotopic (exact) mass is 837 g/mol. The van der Waals surface area contributed by atoms with Crippen molar-refractivity contribution in [2.24, 2.45) is 0 Å². The van der Waals surface area contributed by atoms with Crippen LogP contribution in [0.5, 0.6) is 0 Å². The Morgan fingerprint density at radius 2 is 0.642 bits per heavy atom. The number of rotatable bonds is 10. The zero-order valence-electron chi connectivity index (χ0n) is 38.1. The van der Waals surface area contributed by atoms with Crippen molar-refractivity contribution in [1.29, 1.82) is 0 Å². The minimum atomic E-state index is -2.05. The summed E-state index contributed by atoms with van der Waals surface area (Å²) in [5, 5.41) is 11.1. The summed E-state index contributed by atoms with van der Waals surface area (Å²) in [6.45, 7) is 50.7. The summed E-state index contributed by atoms with van der Waals surface area (Å²) in [7, 11) is -9.97. The van der Waals surface area contributed by atoms with Crippen LogP contribution in [0.25, 0.3) is 0 Å². The Bertz CT molecular complexity index is 1120. The Labute approximate surface area is 333 Å². The lowest BCUT2D eigenvalue weighted by Gasteiger charge is -2.48. The van der Waals surface area contributed by atoms with Crippen LogP contribution >= 0.6 is 0 Å². The number of aliphatic hydroxyl groups is 1. The average molecular weight is 838 g/mol. The van der Waals surface area contributed by atoms with E-state index in [1.54, 1.807) is 0 Å². The zero-order chi connectivity index (χ0) is 41.5. The number of aliphatic hydroxyl groups excluding tert-OH is 1. The number of carbonyl (C=O) groups is 2. The molecule has 0 radical (unpaired) electrons. The van der Waals surface area contributed by atoms with E-state index in [0.717, 1.165) is 0 Å². The van der Waals surface area contributed by atoms with Gasteiger partial charge < -0.3 is 27.2 Å². The predicted molar refractivity (Wildman–Crippen MR) is 238 cm³/mol. The Kier molecular flexibility index (Phi) is 18.0. The van der Waals surface area contributed by atoms with Gasteiger partial charge in [-0.25, -0.2) is 0 Å². The molecule has 4 unspecified atom stereocenters. The Morgan fingerprint density at radius 3 is 0.849 bits per heavy atom. The first-order valence-electron chi connectivity index (χ1n) is 19.7. The molecule has 0 aliphatic heterocycles. The molecule has 0 bridgehead atoms. The summed E-state index contributed by atoms with van der Waals surface area (Å²) in [6.07, 6.45) is -0.705. The van der Waals surface area contributed by atoms with Crippen molar-refractivity contribution in [3.05, 3.63) is 0 Å². The lowest BCUT2D eigenvalue weighted by Crippen LogP contribution is -2.59. The topological polar surface area (TPSA) is 101 Å². The predicted octanol–water partition coefficient (Wildman–Crippen LogP) is 11.5. The molecule has 2 saturated carbocycles. The van der Waals surface area contributed by atoms with E-state index in [1.165, 1.54) is 0 Å². The summed E-state index contributed by atoms with van der Waals surface area (Å²) < 4.78 is 32.9. The number of hydrogen-bond acceptors (Lipinski definition) is 8. The van der Waals surface area contributed by atoms with Crippen molar-refractivity contribution < 1.29 is 36.8 Å². The second-order valence-corrected chi connectivity index (χ2v) is 46.2. The fourth-order valence-electron chi connectivity index (χ4n) is 5.24.